The lowest BCUT2D eigenvalue weighted by atomic mass is 10.2. The summed E-state index contributed by atoms with van der Waals surface area (Å²) >= 11 is 11.8. The molecule has 0 saturated carbocycles. The summed E-state index contributed by atoms with van der Waals surface area (Å²) in [7, 11) is 0. The first-order chi connectivity index (χ1) is 8.58. The molecule has 0 aliphatic heterocycles. The van der Waals surface area contributed by atoms with Gasteiger partial charge in [0.15, 0.2) is 0 Å². The van der Waals surface area contributed by atoms with Gasteiger partial charge in [0.25, 0.3) is 11.4 Å². The van der Waals surface area contributed by atoms with Crippen molar-refractivity contribution in [2.75, 3.05) is 0 Å². The van der Waals surface area contributed by atoms with Crippen LogP contribution in [0.5, 0.6) is 0 Å². The first kappa shape index (κ1) is 13.6. The van der Waals surface area contributed by atoms with Gasteiger partial charge in [0, 0.05) is 20.5 Å². The van der Waals surface area contributed by atoms with Crippen molar-refractivity contribution in [3.63, 3.8) is 0 Å². The minimum Gasteiger partial charge on any atom is -0.226 e. The molecule has 0 aliphatic rings. The standard InChI is InChI=1S/C12H2Cl2N4/c1-17-11(5-15)7-3-10(14)8(4-9(7)13)12(6-16)18-2/h3-4H/b11-7-,12-8+. The van der Waals surface area contributed by atoms with Crippen LogP contribution < -0.4 is 10.4 Å². The van der Waals surface area contributed by atoms with Crippen LogP contribution in [0.4, 0.5) is 0 Å². The van der Waals surface area contributed by atoms with E-state index >= 15 is 0 Å². The third-order valence-electron chi connectivity index (χ3n) is 2.00. The predicted molar refractivity (Wildman–Crippen MR) is 67.0 cm³/mol. The number of hydrogen-bond acceptors (Lipinski definition) is 2. The topological polar surface area (TPSA) is 56.3 Å². The Morgan fingerprint density at radius 1 is 0.944 bits per heavy atom. The Labute approximate surface area is 113 Å². The van der Waals surface area contributed by atoms with Crippen molar-refractivity contribution in [1.29, 1.82) is 10.5 Å². The monoisotopic (exact) mass is 272 g/mol. The number of nitrogens with zero attached hydrogens (tertiary/aromatic N) is 4. The second-order valence-electron chi connectivity index (χ2n) is 2.96. The van der Waals surface area contributed by atoms with E-state index < -0.39 is 0 Å². The van der Waals surface area contributed by atoms with Crippen LogP contribution in [0.1, 0.15) is 0 Å². The van der Waals surface area contributed by atoms with Crippen molar-refractivity contribution in [1.82, 2.24) is 0 Å². The van der Waals surface area contributed by atoms with Gasteiger partial charge >= 0.3 is 0 Å². The van der Waals surface area contributed by atoms with E-state index in [0.29, 0.717) is 0 Å². The molecule has 0 unspecified atom stereocenters. The summed E-state index contributed by atoms with van der Waals surface area (Å²) < 4.78 is 0. The molecular formula is C12H2Cl2N4. The summed E-state index contributed by atoms with van der Waals surface area (Å²) in [6.07, 6.45) is 0. The van der Waals surface area contributed by atoms with E-state index in [1.54, 1.807) is 12.1 Å². The van der Waals surface area contributed by atoms with E-state index in [9.17, 15) is 0 Å². The van der Waals surface area contributed by atoms with E-state index in [0.717, 1.165) is 0 Å². The Kier molecular flexibility index (Phi) is 4.31. The van der Waals surface area contributed by atoms with Gasteiger partial charge < -0.3 is 0 Å². The lowest BCUT2D eigenvalue weighted by molar-refractivity contribution is 1.48. The maximum atomic E-state index is 8.76. The fourth-order valence-corrected chi connectivity index (χ4v) is 1.71. The molecule has 1 rings (SSSR count). The van der Waals surface area contributed by atoms with Gasteiger partial charge in [0.2, 0.25) is 0 Å². The number of nitriles is 2. The van der Waals surface area contributed by atoms with Crippen molar-refractivity contribution in [3.8, 4) is 12.1 Å². The van der Waals surface area contributed by atoms with Gasteiger partial charge in [0.1, 0.15) is 0 Å². The zero-order valence-corrected chi connectivity index (χ0v) is 10.2. The molecule has 0 spiro atoms. The van der Waals surface area contributed by atoms with Crippen molar-refractivity contribution in [2.24, 2.45) is 0 Å². The highest BCUT2D eigenvalue weighted by atomic mass is 35.5. The molecule has 1 aromatic carbocycles. The minimum atomic E-state index is -0.199. The fraction of sp³-hybridized carbons (Fsp3) is 0. The molecule has 0 bridgehead atoms. The highest BCUT2D eigenvalue weighted by Crippen LogP contribution is 2.08. The Morgan fingerprint density at radius 3 is 1.50 bits per heavy atom. The fourth-order valence-electron chi connectivity index (χ4n) is 1.20. The van der Waals surface area contributed by atoms with Crippen molar-refractivity contribution < 1.29 is 0 Å². The maximum Gasteiger partial charge on any atom is 0.270 e. The molecular weight excluding hydrogens is 271 g/mol. The van der Waals surface area contributed by atoms with E-state index in [-0.39, 0.29) is 31.9 Å². The van der Waals surface area contributed by atoms with Crippen LogP contribution in [0.25, 0.3) is 21.1 Å². The predicted octanol–water partition coefficient (Wildman–Crippen LogP) is 2.10. The molecule has 84 valence electrons. The van der Waals surface area contributed by atoms with Gasteiger partial charge in [-0.05, 0) is 12.1 Å². The summed E-state index contributed by atoms with van der Waals surface area (Å²) in [5.41, 5.74) is -0.399. The molecule has 0 saturated heterocycles. The molecule has 18 heavy (non-hydrogen) atoms. The quantitative estimate of drug-likeness (QED) is 0.679. The summed E-state index contributed by atoms with van der Waals surface area (Å²) in [4.78, 5) is 6.05. The minimum absolute atomic E-state index is 0.0957. The largest absolute Gasteiger partial charge is 0.270 e. The lowest BCUT2D eigenvalue weighted by Crippen LogP contribution is -2.15. The van der Waals surface area contributed by atoms with Crippen molar-refractivity contribution in [3.05, 3.63) is 55.4 Å². The van der Waals surface area contributed by atoms with Crippen LogP contribution in [-0.4, -0.2) is 0 Å². The Bertz CT molecular complexity index is 693. The molecule has 6 heteroatoms. The molecule has 0 aromatic heterocycles. The summed E-state index contributed by atoms with van der Waals surface area (Å²) in [5.74, 6) is 0. The molecule has 0 amide bonds. The van der Waals surface area contributed by atoms with Gasteiger partial charge in [-0.25, -0.2) is 20.2 Å². The molecule has 0 radical (unpaired) electrons. The third kappa shape index (κ3) is 2.42. The Morgan fingerprint density at radius 2 is 1.28 bits per heavy atom. The molecule has 0 atom stereocenters. The smallest absolute Gasteiger partial charge is 0.226 e. The van der Waals surface area contributed by atoms with Crippen molar-refractivity contribution in [2.45, 2.75) is 0 Å². The van der Waals surface area contributed by atoms with Gasteiger partial charge in [-0.1, -0.05) is 23.2 Å². The SMILES string of the molecule is [C-]#[N+]/C(C#N)=c1/cc(Cl)/c(=C(\C#N)[N+]#[C-])cc1Cl. The van der Waals surface area contributed by atoms with Crippen LogP contribution in [0.3, 0.4) is 0 Å². The van der Waals surface area contributed by atoms with Crippen LogP contribution in [-0.2, 0) is 0 Å². The average Bonchev–Trinajstić information content (AvgIpc) is 2.37. The molecule has 4 nitrogen and oxygen atoms in total. The normalized spacial score (nSPS) is 12.3. The van der Waals surface area contributed by atoms with Crippen LogP contribution in [0.15, 0.2) is 12.1 Å². The first-order valence-electron chi connectivity index (χ1n) is 4.37. The van der Waals surface area contributed by atoms with E-state index in [1.807, 2.05) is 0 Å². The number of halogens is 2. The summed E-state index contributed by atoms with van der Waals surface area (Å²) in [5, 5.41) is 18.1. The van der Waals surface area contributed by atoms with Gasteiger partial charge in [-0.2, -0.15) is 0 Å². The number of hydrogen-bond donors (Lipinski definition) is 0. The third-order valence-corrected chi connectivity index (χ3v) is 2.63. The van der Waals surface area contributed by atoms with E-state index in [1.165, 1.54) is 12.1 Å². The van der Waals surface area contributed by atoms with E-state index in [2.05, 4.69) is 9.69 Å². The number of benzene rings is 1. The van der Waals surface area contributed by atoms with Crippen LogP contribution >= 0.6 is 23.2 Å². The lowest BCUT2D eigenvalue weighted by Gasteiger charge is -1.98. The molecule has 0 heterocycles. The maximum absolute atomic E-state index is 8.76. The Balaban J connectivity index is 3.96. The zero-order valence-electron chi connectivity index (χ0n) is 8.70. The number of rotatable bonds is 0. The first-order valence-corrected chi connectivity index (χ1v) is 5.13. The van der Waals surface area contributed by atoms with Crippen LogP contribution in [0.2, 0.25) is 10.0 Å². The van der Waals surface area contributed by atoms with Gasteiger partial charge in [-0.15, -0.1) is 0 Å². The van der Waals surface area contributed by atoms with Gasteiger partial charge in [-0.3, -0.25) is 0 Å². The highest BCUT2D eigenvalue weighted by molar-refractivity contribution is 6.33. The molecule has 0 aliphatic carbocycles. The highest BCUT2D eigenvalue weighted by Gasteiger charge is 2.06. The molecule has 0 N–H and O–H groups in total. The molecule has 0 fully saturated rings. The average molecular weight is 273 g/mol. The summed E-state index contributed by atoms with van der Waals surface area (Å²) in [6.45, 7) is 13.7. The summed E-state index contributed by atoms with van der Waals surface area (Å²) in [6, 6.07) is 6.01. The zero-order chi connectivity index (χ0) is 13.7. The van der Waals surface area contributed by atoms with Gasteiger partial charge in [0.05, 0.1) is 25.3 Å². The van der Waals surface area contributed by atoms with Crippen molar-refractivity contribution >= 4 is 34.6 Å². The second kappa shape index (κ2) is 5.72. The Hall–Kier alpha value is -2.50. The second-order valence-corrected chi connectivity index (χ2v) is 3.77. The van der Waals surface area contributed by atoms with E-state index in [4.69, 9.17) is 46.9 Å². The molecule has 1 aromatic rings. The van der Waals surface area contributed by atoms with Crippen LogP contribution in [0, 0.1) is 35.8 Å².